The van der Waals surface area contributed by atoms with Crippen molar-refractivity contribution >= 4 is 84.4 Å². The number of hydrogen-bond donors (Lipinski definition) is 1. The lowest BCUT2D eigenvalue weighted by atomic mass is 9.85. The maximum atomic E-state index is 14.5. The van der Waals surface area contributed by atoms with Gasteiger partial charge in [0.15, 0.2) is 0 Å². The van der Waals surface area contributed by atoms with Crippen molar-refractivity contribution in [2.75, 3.05) is 14.7 Å². The summed E-state index contributed by atoms with van der Waals surface area (Å²) < 4.78 is 0. The van der Waals surface area contributed by atoms with Gasteiger partial charge in [0.25, 0.3) is 23.6 Å². The molecule has 262 valence electrons. The largest absolute Gasteiger partial charge is 0.508 e. The van der Waals surface area contributed by atoms with E-state index < -0.39 is 23.6 Å². The van der Waals surface area contributed by atoms with E-state index in [-0.39, 0.29) is 28.0 Å². The number of nitrogens with zero attached hydrogens (tertiary/aromatic N) is 3. The van der Waals surface area contributed by atoms with E-state index in [1.165, 1.54) is 4.90 Å². The average molecular weight is 716 g/mol. The highest BCUT2D eigenvalue weighted by molar-refractivity contribution is 6.43. The predicted molar refractivity (Wildman–Crippen MR) is 215 cm³/mol. The van der Waals surface area contributed by atoms with Gasteiger partial charge < -0.3 is 10.0 Å². The number of fused-ring (bicyclic) bond motifs is 2. The first-order chi connectivity index (χ1) is 26.8. The van der Waals surface area contributed by atoms with Crippen LogP contribution in [0.2, 0.25) is 0 Å². The van der Waals surface area contributed by atoms with Crippen molar-refractivity contribution in [3.8, 4) is 5.75 Å². The molecule has 0 aliphatic carbocycles. The molecule has 1 N–H and O–H groups in total. The Morgan fingerprint density at radius 1 is 0.455 bits per heavy atom. The summed E-state index contributed by atoms with van der Waals surface area (Å²) in [5, 5.41) is 14.2. The average Bonchev–Trinajstić information content (AvgIpc) is 3.19. The molecule has 0 atom stereocenters. The van der Waals surface area contributed by atoms with E-state index in [0.29, 0.717) is 22.1 Å². The van der Waals surface area contributed by atoms with Crippen LogP contribution >= 0.6 is 0 Å². The Morgan fingerprint density at radius 2 is 0.945 bits per heavy atom. The van der Waals surface area contributed by atoms with E-state index in [0.717, 1.165) is 49.1 Å². The van der Waals surface area contributed by atoms with Crippen LogP contribution in [0.5, 0.6) is 5.75 Å². The molecule has 0 radical (unpaired) electrons. The third kappa shape index (κ3) is 4.78. The minimum Gasteiger partial charge on any atom is -0.508 e. The molecule has 10 rings (SSSR count). The highest BCUT2D eigenvalue weighted by Gasteiger charge is 2.41. The fourth-order valence-electron chi connectivity index (χ4n) is 8.14. The predicted octanol–water partition coefficient (Wildman–Crippen LogP) is 10.2. The molecule has 8 aromatic rings. The first-order valence-electron chi connectivity index (χ1n) is 17.8. The maximum absolute atomic E-state index is 14.5. The fourth-order valence-corrected chi connectivity index (χ4v) is 8.14. The normalized spacial score (nSPS) is 13.7. The molecule has 0 aromatic heterocycles. The van der Waals surface area contributed by atoms with Crippen LogP contribution in [0.1, 0.15) is 47.0 Å². The molecule has 55 heavy (non-hydrogen) atoms. The zero-order valence-corrected chi connectivity index (χ0v) is 29.4. The molecule has 0 unspecified atom stereocenters. The molecule has 0 saturated heterocycles. The molecule has 0 bridgehead atoms. The number of imide groups is 2. The summed E-state index contributed by atoms with van der Waals surface area (Å²) in [5.41, 5.74) is 5.20. The van der Waals surface area contributed by atoms with Gasteiger partial charge in [-0.2, -0.15) is 0 Å². The zero-order valence-electron chi connectivity index (χ0n) is 29.4. The number of aryl methyl sites for hydroxylation is 1. The smallest absolute Gasteiger partial charge is 0.266 e. The van der Waals surface area contributed by atoms with Gasteiger partial charge in [0.2, 0.25) is 0 Å². The van der Waals surface area contributed by atoms with Crippen LogP contribution in [-0.2, 0) is 0 Å². The number of aromatic hydroxyl groups is 1. The number of rotatable bonds is 5. The SMILES string of the molecule is Cc1cccc(N(c2ccc(N3C(=O)c4ccc5c6c(ccc(c46)C3=O)C(=O)N(c3c4ccccc4cc4ccccc34)C5=O)cc2)c2cccc(O)c2)c1. The van der Waals surface area contributed by atoms with Gasteiger partial charge in [0.1, 0.15) is 5.75 Å². The van der Waals surface area contributed by atoms with Crippen LogP contribution in [0.15, 0.2) is 152 Å². The molecule has 0 spiro atoms. The van der Waals surface area contributed by atoms with Crippen molar-refractivity contribution < 1.29 is 24.3 Å². The number of hydrogen-bond acceptors (Lipinski definition) is 6. The summed E-state index contributed by atoms with van der Waals surface area (Å²) in [7, 11) is 0. The van der Waals surface area contributed by atoms with Gasteiger partial charge in [-0.1, -0.05) is 66.7 Å². The summed E-state index contributed by atoms with van der Waals surface area (Å²) in [6.07, 6.45) is 0. The Morgan fingerprint density at radius 3 is 1.47 bits per heavy atom. The lowest BCUT2D eigenvalue weighted by molar-refractivity contribution is 0.0873. The second-order valence-electron chi connectivity index (χ2n) is 13.8. The van der Waals surface area contributed by atoms with Crippen LogP contribution in [0.25, 0.3) is 32.3 Å². The van der Waals surface area contributed by atoms with Crippen molar-refractivity contribution in [1.82, 2.24) is 0 Å². The van der Waals surface area contributed by atoms with Crippen molar-refractivity contribution in [3.05, 3.63) is 179 Å². The molecule has 2 aliphatic rings. The van der Waals surface area contributed by atoms with Crippen LogP contribution in [0, 0.1) is 6.92 Å². The van der Waals surface area contributed by atoms with Crippen molar-refractivity contribution in [3.63, 3.8) is 0 Å². The Hall–Kier alpha value is -7.58. The summed E-state index contributed by atoms with van der Waals surface area (Å²) in [6, 6.07) is 45.6. The quantitative estimate of drug-likeness (QED) is 0.141. The van der Waals surface area contributed by atoms with Crippen LogP contribution in [0.4, 0.5) is 28.4 Å². The second kappa shape index (κ2) is 12.0. The van der Waals surface area contributed by atoms with Crippen LogP contribution in [-0.4, -0.2) is 28.7 Å². The van der Waals surface area contributed by atoms with Gasteiger partial charge in [-0.25, -0.2) is 9.80 Å². The molecular formula is C47H29N3O5. The van der Waals surface area contributed by atoms with E-state index >= 15 is 0 Å². The topological polar surface area (TPSA) is 98.2 Å². The summed E-state index contributed by atoms with van der Waals surface area (Å²) in [6.45, 7) is 2.00. The number of carbonyl (C=O) groups excluding carboxylic acids is 4. The van der Waals surface area contributed by atoms with E-state index in [1.54, 1.807) is 54.6 Å². The van der Waals surface area contributed by atoms with Gasteiger partial charge in [0.05, 0.1) is 11.4 Å². The first-order valence-corrected chi connectivity index (χ1v) is 17.8. The van der Waals surface area contributed by atoms with E-state index in [9.17, 15) is 24.3 Å². The van der Waals surface area contributed by atoms with Crippen LogP contribution < -0.4 is 14.7 Å². The zero-order chi connectivity index (χ0) is 37.5. The Bertz CT molecular complexity index is 2840. The molecule has 8 heteroatoms. The number of amides is 4. The third-order valence-corrected chi connectivity index (χ3v) is 10.6. The maximum Gasteiger partial charge on any atom is 0.266 e. The molecule has 0 fully saturated rings. The first kappa shape index (κ1) is 32.1. The summed E-state index contributed by atoms with van der Waals surface area (Å²) in [5.74, 6) is -2.04. The second-order valence-corrected chi connectivity index (χ2v) is 13.8. The molecule has 2 heterocycles. The number of benzene rings is 8. The van der Waals surface area contributed by atoms with E-state index in [1.807, 2.05) is 109 Å². The van der Waals surface area contributed by atoms with Crippen molar-refractivity contribution in [2.45, 2.75) is 6.92 Å². The monoisotopic (exact) mass is 715 g/mol. The Balaban J connectivity index is 1.06. The lowest BCUT2D eigenvalue weighted by Crippen LogP contribution is -2.43. The fraction of sp³-hybridized carbons (Fsp3) is 0.0213. The number of phenolic OH excluding ortho intramolecular Hbond substituents is 1. The van der Waals surface area contributed by atoms with Crippen LogP contribution in [0.3, 0.4) is 0 Å². The van der Waals surface area contributed by atoms with Gasteiger partial charge in [-0.05, 0) is 102 Å². The van der Waals surface area contributed by atoms with Gasteiger partial charge in [0, 0.05) is 66.9 Å². The van der Waals surface area contributed by atoms with E-state index in [2.05, 4.69) is 0 Å². The van der Waals surface area contributed by atoms with Gasteiger partial charge >= 0.3 is 0 Å². The molecule has 8 nitrogen and oxygen atoms in total. The number of carbonyl (C=O) groups is 4. The summed E-state index contributed by atoms with van der Waals surface area (Å²) in [4.78, 5) is 62.0. The Kier molecular flexibility index (Phi) is 6.99. The van der Waals surface area contributed by atoms with Crippen molar-refractivity contribution in [1.29, 1.82) is 0 Å². The highest BCUT2D eigenvalue weighted by atomic mass is 16.3. The molecule has 8 aromatic carbocycles. The van der Waals surface area contributed by atoms with E-state index in [4.69, 9.17) is 0 Å². The Labute approximate surface area is 314 Å². The molecule has 4 amide bonds. The molecule has 0 saturated carbocycles. The third-order valence-electron chi connectivity index (χ3n) is 10.6. The van der Waals surface area contributed by atoms with Gasteiger partial charge in [-0.15, -0.1) is 0 Å². The van der Waals surface area contributed by atoms with Crippen molar-refractivity contribution in [2.24, 2.45) is 0 Å². The molecular weight excluding hydrogens is 687 g/mol. The minimum atomic E-state index is -0.556. The minimum absolute atomic E-state index is 0.119. The lowest BCUT2D eigenvalue weighted by Gasteiger charge is -2.33. The standard InChI is InChI=1S/C47H29N3O5/c1-27-8-6-11-32(24-27)48(33-12-7-13-34(51)26-33)30-16-18-31(19-17-30)49-44(52)37-20-22-39-42-40(23-21-38(41(37)42)45(49)53)47(55)50(46(39)54)43-35-14-4-2-9-28(35)25-29-10-3-5-15-36(29)43/h2-26,51H,1H3. The highest BCUT2D eigenvalue weighted by Crippen LogP contribution is 2.44. The summed E-state index contributed by atoms with van der Waals surface area (Å²) >= 11 is 0. The molecule has 2 aliphatic heterocycles. The van der Waals surface area contributed by atoms with Gasteiger partial charge in [-0.3, -0.25) is 19.2 Å². The number of anilines is 5. The number of phenols is 1.